The lowest BCUT2D eigenvalue weighted by molar-refractivity contribution is 0.326. The first-order valence-corrected chi connectivity index (χ1v) is 5.83. The van der Waals surface area contributed by atoms with E-state index in [1.807, 2.05) is 13.8 Å². The van der Waals surface area contributed by atoms with E-state index in [-0.39, 0.29) is 0 Å². The summed E-state index contributed by atoms with van der Waals surface area (Å²) in [5, 5.41) is 9.70. The normalized spacial score (nSPS) is 21.6. The third-order valence-corrected chi connectivity index (χ3v) is 3.27. The van der Waals surface area contributed by atoms with Crippen LogP contribution in [0.5, 0.6) is 5.75 Å². The lowest BCUT2D eigenvalue weighted by atomic mass is 10.1. The molecule has 88 valence electrons. The van der Waals surface area contributed by atoms with Gasteiger partial charge in [-0.05, 0) is 37.0 Å². The lowest BCUT2D eigenvalue weighted by Crippen LogP contribution is -2.26. The smallest absolute Gasteiger partial charge is 0.121 e. The number of nitrogens with two attached hydrogens (primary N) is 1. The Morgan fingerprint density at radius 3 is 2.50 bits per heavy atom. The van der Waals surface area contributed by atoms with Crippen molar-refractivity contribution in [3.05, 3.63) is 28.8 Å². The van der Waals surface area contributed by atoms with Gasteiger partial charge in [-0.25, -0.2) is 0 Å². The number of phenolic OH excluding ortho intramolecular Hbond substituents is 1. The minimum Gasteiger partial charge on any atom is -0.507 e. The number of aromatic hydroxyl groups is 1. The molecule has 16 heavy (non-hydrogen) atoms. The van der Waals surface area contributed by atoms with Gasteiger partial charge in [0.2, 0.25) is 0 Å². The predicted octanol–water partition coefficient (Wildman–Crippen LogP) is 1.54. The first-order valence-electron chi connectivity index (χ1n) is 5.83. The van der Waals surface area contributed by atoms with Gasteiger partial charge in [-0.1, -0.05) is 12.1 Å². The van der Waals surface area contributed by atoms with Crippen molar-refractivity contribution >= 4 is 0 Å². The maximum absolute atomic E-state index is 9.70. The number of phenols is 1. The van der Waals surface area contributed by atoms with Crippen molar-refractivity contribution in [2.45, 2.75) is 32.9 Å². The molecule has 3 N–H and O–H groups in total. The highest BCUT2D eigenvalue weighted by Gasteiger charge is 2.19. The highest BCUT2D eigenvalue weighted by atomic mass is 16.3. The van der Waals surface area contributed by atoms with Crippen LogP contribution >= 0.6 is 0 Å². The molecule has 1 heterocycles. The van der Waals surface area contributed by atoms with Gasteiger partial charge in [-0.3, -0.25) is 4.90 Å². The van der Waals surface area contributed by atoms with E-state index in [0.29, 0.717) is 11.8 Å². The summed E-state index contributed by atoms with van der Waals surface area (Å²) >= 11 is 0. The molecule has 0 aliphatic carbocycles. The van der Waals surface area contributed by atoms with Gasteiger partial charge < -0.3 is 10.8 Å². The summed E-state index contributed by atoms with van der Waals surface area (Å²) in [4.78, 5) is 2.37. The van der Waals surface area contributed by atoms with E-state index in [2.05, 4.69) is 17.0 Å². The topological polar surface area (TPSA) is 49.5 Å². The fourth-order valence-electron chi connectivity index (χ4n) is 2.40. The summed E-state index contributed by atoms with van der Waals surface area (Å²) < 4.78 is 0. The summed E-state index contributed by atoms with van der Waals surface area (Å²) in [5.41, 5.74) is 9.06. The molecular weight excluding hydrogens is 200 g/mol. The van der Waals surface area contributed by atoms with Crippen LogP contribution < -0.4 is 5.73 Å². The third kappa shape index (κ3) is 2.36. The monoisotopic (exact) mass is 220 g/mol. The van der Waals surface area contributed by atoms with Crippen molar-refractivity contribution in [1.29, 1.82) is 0 Å². The summed E-state index contributed by atoms with van der Waals surface area (Å²) in [6.07, 6.45) is 1.09. The van der Waals surface area contributed by atoms with Crippen LogP contribution in [-0.2, 0) is 6.54 Å². The zero-order chi connectivity index (χ0) is 11.7. The van der Waals surface area contributed by atoms with Gasteiger partial charge in [0.15, 0.2) is 0 Å². The fourth-order valence-corrected chi connectivity index (χ4v) is 2.40. The molecule has 3 heteroatoms. The average molecular weight is 220 g/mol. The summed E-state index contributed by atoms with van der Waals surface area (Å²) in [5.74, 6) is 0.418. The van der Waals surface area contributed by atoms with Gasteiger partial charge in [0.25, 0.3) is 0 Å². The lowest BCUT2D eigenvalue weighted by Gasteiger charge is -2.16. The van der Waals surface area contributed by atoms with Crippen LogP contribution in [-0.4, -0.2) is 29.1 Å². The molecule has 1 aromatic rings. The minimum absolute atomic E-state index is 0.333. The van der Waals surface area contributed by atoms with Crippen LogP contribution in [0.25, 0.3) is 0 Å². The molecule has 1 aromatic carbocycles. The quantitative estimate of drug-likeness (QED) is 0.795. The molecule has 1 aliphatic rings. The van der Waals surface area contributed by atoms with Crippen molar-refractivity contribution in [3.8, 4) is 5.75 Å². The van der Waals surface area contributed by atoms with E-state index in [9.17, 15) is 5.11 Å². The first-order chi connectivity index (χ1) is 7.56. The molecule has 1 unspecified atom stereocenters. The van der Waals surface area contributed by atoms with Crippen molar-refractivity contribution in [2.75, 3.05) is 13.1 Å². The maximum Gasteiger partial charge on any atom is 0.121 e. The number of nitrogens with zero attached hydrogens (tertiary/aromatic N) is 1. The molecule has 1 atom stereocenters. The predicted molar refractivity (Wildman–Crippen MR) is 65.5 cm³/mol. The molecule has 3 nitrogen and oxygen atoms in total. The highest BCUT2D eigenvalue weighted by molar-refractivity contribution is 5.42. The minimum atomic E-state index is 0.333. The Morgan fingerprint density at radius 1 is 1.38 bits per heavy atom. The largest absolute Gasteiger partial charge is 0.507 e. The van der Waals surface area contributed by atoms with E-state index in [4.69, 9.17) is 5.73 Å². The molecule has 1 aliphatic heterocycles. The second-order valence-electron chi connectivity index (χ2n) is 4.86. The van der Waals surface area contributed by atoms with Gasteiger partial charge in [0.1, 0.15) is 5.75 Å². The molecule has 1 saturated heterocycles. The van der Waals surface area contributed by atoms with E-state index >= 15 is 0 Å². The van der Waals surface area contributed by atoms with Gasteiger partial charge in [0, 0.05) is 25.7 Å². The van der Waals surface area contributed by atoms with E-state index in [1.54, 1.807) is 0 Å². The number of hydrogen-bond acceptors (Lipinski definition) is 3. The van der Waals surface area contributed by atoms with Gasteiger partial charge in [-0.15, -0.1) is 0 Å². The molecule has 0 aromatic heterocycles. The standard InChI is InChI=1S/C13H20N2O/c1-9-5-11(6-10(2)13(9)16)7-15-4-3-12(14)8-15/h5-6,12,16H,3-4,7-8,14H2,1-2H3. The van der Waals surface area contributed by atoms with Crippen LogP contribution in [0.15, 0.2) is 12.1 Å². The molecule has 0 amide bonds. The van der Waals surface area contributed by atoms with Crippen LogP contribution in [0.2, 0.25) is 0 Å². The number of benzene rings is 1. The molecular formula is C13H20N2O. The zero-order valence-electron chi connectivity index (χ0n) is 10.0. The SMILES string of the molecule is Cc1cc(CN2CCC(N)C2)cc(C)c1O. The second kappa shape index (κ2) is 4.44. The average Bonchev–Trinajstić information content (AvgIpc) is 2.60. The molecule has 1 fully saturated rings. The molecule has 2 rings (SSSR count). The number of rotatable bonds is 2. The van der Waals surface area contributed by atoms with Crippen LogP contribution in [0, 0.1) is 13.8 Å². The van der Waals surface area contributed by atoms with E-state index in [0.717, 1.165) is 37.2 Å². The number of aryl methyl sites for hydroxylation is 2. The third-order valence-electron chi connectivity index (χ3n) is 3.27. The van der Waals surface area contributed by atoms with E-state index in [1.165, 1.54) is 5.56 Å². The van der Waals surface area contributed by atoms with Gasteiger partial charge >= 0.3 is 0 Å². The van der Waals surface area contributed by atoms with Crippen LogP contribution in [0.1, 0.15) is 23.1 Å². The number of hydrogen-bond donors (Lipinski definition) is 2. The van der Waals surface area contributed by atoms with Gasteiger partial charge in [0.05, 0.1) is 0 Å². The van der Waals surface area contributed by atoms with Gasteiger partial charge in [-0.2, -0.15) is 0 Å². The van der Waals surface area contributed by atoms with Crippen LogP contribution in [0.4, 0.5) is 0 Å². The second-order valence-corrected chi connectivity index (χ2v) is 4.86. The summed E-state index contributed by atoms with van der Waals surface area (Å²) in [6.45, 7) is 6.90. The van der Waals surface area contributed by atoms with Crippen molar-refractivity contribution < 1.29 is 5.11 Å². The molecule has 0 saturated carbocycles. The highest BCUT2D eigenvalue weighted by Crippen LogP contribution is 2.24. The summed E-state index contributed by atoms with van der Waals surface area (Å²) in [7, 11) is 0. The molecule has 0 radical (unpaired) electrons. The van der Waals surface area contributed by atoms with E-state index < -0.39 is 0 Å². The maximum atomic E-state index is 9.70. The molecule has 0 spiro atoms. The Morgan fingerprint density at radius 2 is 2.00 bits per heavy atom. The Labute approximate surface area is 96.9 Å². The Hall–Kier alpha value is -1.06. The Bertz CT molecular complexity index is 367. The van der Waals surface area contributed by atoms with Crippen LogP contribution in [0.3, 0.4) is 0 Å². The molecule has 0 bridgehead atoms. The first kappa shape index (κ1) is 11.4. The summed E-state index contributed by atoms with van der Waals surface area (Å²) in [6, 6.07) is 4.46. The van der Waals surface area contributed by atoms with Crippen molar-refractivity contribution in [2.24, 2.45) is 5.73 Å². The Balaban J connectivity index is 2.10. The fraction of sp³-hybridized carbons (Fsp3) is 0.538. The van der Waals surface area contributed by atoms with Crippen molar-refractivity contribution in [3.63, 3.8) is 0 Å². The zero-order valence-corrected chi connectivity index (χ0v) is 10.0. The van der Waals surface area contributed by atoms with Crippen molar-refractivity contribution in [1.82, 2.24) is 4.90 Å². The Kier molecular flexibility index (Phi) is 3.17. The number of likely N-dealkylation sites (tertiary alicyclic amines) is 1.